The monoisotopic (exact) mass is 272 g/mol. The van der Waals surface area contributed by atoms with Gasteiger partial charge in [-0.05, 0) is 13.0 Å². The van der Waals surface area contributed by atoms with Crippen LogP contribution in [0.1, 0.15) is 16.1 Å². The second-order valence-electron chi connectivity index (χ2n) is 3.63. The van der Waals surface area contributed by atoms with Crippen molar-refractivity contribution in [3.05, 3.63) is 28.5 Å². The normalized spacial score (nSPS) is 11.9. The molecular weight excluding hydrogens is 260 g/mol. The molecule has 0 fully saturated rings. The lowest BCUT2D eigenvalue weighted by molar-refractivity contribution is -0.140. The first-order valence-electron chi connectivity index (χ1n) is 5.10. The molecule has 1 heterocycles. The van der Waals surface area contributed by atoms with E-state index in [4.69, 9.17) is 21.4 Å². The molecule has 2 N–H and O–H groups in total. The van der Waals surface area contributed by atoms with Crippen molar-refractivity contribution in [1.82, 2.24) is 10.3 Å². The third-order valence-corrected chi connectivity index (χ3v) is 2.48. The lowest BCUT2D eigenvalue weighted by Gasteiger charge is -2.13. The quantitative estimate of drug-likeness (QED) is 0.830. The van der Waals surface area contributed by atoms with Crippen molar-refractivity contribution in [2.45, 2.75) is 13.0 Å². The first-order valence-corrected chi connectivity index (χ1v) is 5.48. The van der Waals surface area contributed by atoms with E-state index >= 15 is 0 Å². The van der Waals surface area contributed by atoms with Crippen LogP contribution in [-0.4, -0.2) is 41.7 Å². The van der Waals surface area contributed by atoms with E-state index < -0.39 is 17.9 Å². The van der Waals surface area contributed by atoms with Crippen molar-refractivity contribution in [2.75, 3.05) is 13.7 Å². The van der Waals surface area contributed by atoms with Crippen molar-refractivity contribution in [1.29, 1.82) is 0 Å². The fourth-order valence-corrected chi connectivity index (χ4v) is 1.56. The average Bonchev–Trinajstić information content (AvgIpc) is 2.27. The van der Waals surface area contributed by atoms with Crippen molar-refractivity contribution >= 4 is 23.5 Å². The number of carboxylic acids is 1. The molecule has 1 atom stereocenters. The van der Waals surface area contributed by atoms with Gasteiger partial charge < -0.3 is 15.2 Å². The van der Waals surface area contributed by atoms with Gasteiger partial charge in [-0.2, -0.15) is 0 Å². The van der Waals surface area contributed by atoms with Gasteiger partial charge in [-0.3, -0.25) is 9.78 Å². The summed E-state index contributed by atoms with van der Waals surface area (Å²) >= 11 is 5.88. The Bertz CT molecular complexity index is 464. The summed E-state index contributed by atoms with van der Waals surface area (Å²) in [5.41, 5.74) is 0.799. The molecule has 0 aliphatic heterocycles. The van der Waals surface area contributed by atoms with Crippen LogP contribution in [0, 0.1) is 6.92 Å². The smallest absolute Gasteiger partial charge is 0.328 e. The molecule has 1 aromatic rings. The van der Waals surface area contributed by atoms with Crippen LogP contribution in [0.2, 0.25) is 5.02 Å². The molecule has 0 saturated heterocycles. The van der Waals surface area contributed by atoms with Gasteiger partial charge in [-0.15, -0.1) is 0 Å². The number of rotatable bonds is 5. The minimum absolute atomic E-state index is 0.127. The minimum Gasteiger partial charge on any atom is -0.480 e. The molecule has 0 radical (unpaired) electrons. The predicted molar refractivity (Wildman–Crippen MR) is 64.8 cm³/mol. The Morgan fingerprint density at radius 2 is 2.28 bits per heavy atom. The SMILES string of the molecule is COCC(NC(=O)c1cnc(C)cc1Cl)C(=O)O. The second-order valence-corrected chi connectivity index (χ2v) is 4.03. The molecule has 6 nitrogen and oxygen atoms in total. The van der Waals surface area contributed by atoms with Gasteiger partial charge >= 0.3 is 5.97 Å². The summed E-state index contributed by atoms with van der Waals surface area (Å²) in [6.07, 6.45) is 1.30. The topological polar surface area (TPSA) is 88.5 Å². The highest BCUT2D eigenvalue weighted by Gasteiger charge is 2.21. The van der Waals surface area contributed by atoms with E-state index in [2.05, 4.69) is 10.3 Å². The summed E-state index contributed by atoms with van der Waals surface area (Å²) in [7, 11) is 1.35. The Morgan fingerprint density at radius 3 is 2.78 bits per heavy atom. The Labute approximate surface area is 109 Å². The van der Waals surface area contributed by atoms with Gasteiger partial charge in [-0.1, -0.05) is 11.6 Å². The van der Waals surface area contributed by atoms with Crippen LogP contribution < -0.4 is 5.32 Å². The van der Waals surface area contributed by atoms with Crippen LogP contribution in [-0.2, 0) is 9.53 Å². The number of amides is 1. The summed E-state index contributed by atoms with van der Waals surface area (Å²) in [5, 5.41) is 11.4. The molecule has 7 heteroatoms. The molecule has 0 aliphatic rings. The molecule has 1 amide bonds. The number of hydrogen-bond donors (Lipinski definition) is 2. The molecule has 0 spiro atoms. The molecule has 18 heavy (non-hydrogen) atoms. The maximum Gasteiger partial charge on any atom is 0.328 e. The summed E-state index contributed by atoms with van der Waals surface area (Å²) in [5.74, 6) is -1.78. The number of ether oxygens (including phenoxy) is 1. The maximum atomic E-state index is 11.8. The van der Waals surface area contributed by atoms with Gasteiger partial charge in [0.2, 0.25) is 0 Å². The molecule has 1 aromatic heterocycles. The van der Waals surface area contributed by atoms with Crippen molar-refractivity contribution in [3.63, 3.8) is 0 Å². The van der Waals surface area contributed by atoms with Gasteiger partial charge in [0.05, 0.1) is 17.2 Å². The Balaban J connectivity index is 2.83. The number of hydrogen-bond acceptors (Lipinski definition) is 4. The zero-order valence-corrected chi connectivity index (χ0v) is 10.7. The van der Waals surface area contributed by atoms with E-state index in [9.17, 15) is 9.59 Å². The van der Waals surface area contributed by atoms with Crippen LogP contribution in [0.15, 0.2) is 12.3 Å². The van der Waals surface area contributed by atoms with Crippen LogP contribution in [0.25, 0.3) is 0 Å². The van der Waals surface area contributed by atoms with Crippen LogP contribution in [0.4, 0.5) is 0 Å². The molecular formula is C11H13ClN2O4. The highest BCUT2D eigenvalue weighted by molar-refractivity contribution is 6.33. The number of carbonyl (C=O) groups excluding carboxylic acids is 1. The predicted octanol–water partition coefficient (Wildman–Crippen LogP) is 0.873. The van der Waals surface area contributed by atoms with Crippen molar-refractivity contribution in [2.24, 2.45) is 0 Å². The van der Waals surface area contributed by atoms with E-state index in [0.717, 1.165) is 0 Å². The largest absolute Gasteiger partial charge is 0.480 e. The summed E-state index contributed by atoms with van der Waals surface area (Å²) < 4.78 is 4.71. The lowest BCUT2D eigenvalue weighted by Crippen LogP contribution is -2.43. The van der Waals surface area contributed by atoms with Gasteiger partial charge in [-0.25, -0.2) is 4.79 Å². The van der Waals surface area contributed by atoms with Crippen molar-refractivity contribution < 1.29 is 19.4 Å². The van der Waals surface area contributed by atoms with E-state index in [-0.39, 0.29) is 17.2 Å². The van der Waals surface area contributed by atoms with Crippen LogP contribution in [0.5, 0.6) is 0 Å². The van der Waals surface area contributed by atoms with Crippen molar-refractivity contribution in [3.8, 4) is 0 Å². The van der Waals surface area contributed by atoms with Gasteiger partial charge in [0.1, 0.15) is 0 Å². The summed E-state index contributed by atoms with van der Waals surface area (Å²) in [6.45, 7) is 1.61. The zero-order valence-electron chi connectivity index (χ0n) is 9.94. The second kappa shape index (κ2) is 6.32. The Hall–Kier alpha value is -1.66. The molecule has 98 valence electrons. The van der Waals surface area contributed by atoms with Gasteiger partial charge in [0, 0.05) is 19.0 Å². The standard InChI is InChI=1S/C11H13ClN2O4/c1-6-3-8(12)7(4-13-6)10(15)14-9(5-18-2)11(16)17/h3-4,9H,5H2,1-2H3,(H,14,15)(H,16,17). The number of pyridine rings is 1. The van der Waals surface area contributed by atoms with E-state index in [0.29, 0.717) is 5.69 Å². The first-order chi connectivity index (χ1) is 8.45. The molecule has 1 rings (SSSR count). The number of carbonyl (C=O) groups is 2. The van der Waals surface area contributed by atoms with E-state index in [1.165, 1.54) is 19.4 Å². The zero-order chi connectivity index (χ0) is 13.7. The van der Waals surface area contributed by atoms with Crippen LogP contribution in [0.3, 0.4) is 0 Å². The maximum absolute atomic E-state index is 11.8. The summed E-state index contributed by atoms with van der Waals surface area (Å²) in [4.78, 5) is 26.6. The number of nitrogens with one attached hydrogen (secondary N) is 1. The Kier molecular flexibility index (Phi) is 5.06. The summed E-state index contributed by atoms with van der Waals surface area (Å²) in [6, 6.07) is 0.405. The first kappa shape index (κ1) is 14.4. The number of aromatic nitrogens is 1. The molecule has 0 aliphatic carbocycles. The lowest BCUT2D eigenvalue weighted by atomic mass is 10.2. The third-order valence-electron chi connectivity index (χ3n) is 2.17. The fraction of sp³-hybridized carbons (Fsp3) is 0.364. The number of halogens is 1. The van der Waals surface area contributed by atoms with Crippen LogP contribution >= 0.6 is 11.6 Å². The molecule has 0 bridgehead atoms. The van der Waals surface area contributed by atoms with Gasteiger partial charge in [0.25, 0.3) is 5.91 Å². The van der Waals surface area contributed by atoms with E-state index in [1.807, 2.05) is 0 Å². The molecule has 0 saturated carbocycles. The number of aliphatic carboxylic acids is 1. The minimum atomic E-state index is -1.18. The number of aryl methyl sites for hydroxylation is 1. The molecule has 0 aromatic carbocycles. The average molecular weight is 273 g/mol. The molecule has 1 unspecified atom stereocenters. The van der Waals surface area contributed by atoms with E-state index in [1.54, 1.807) is 6.92 Å². The third kappa shape index (κ3) is 3.68. The highest BCUT2D eigenvalue weighted by atomic mass is 35.5. The number of nitrogens with zero attached hydrogens (tertiary/aromatic N) is 1. The fourth-order valence-electron chi connectivity index (χ4n) is 1.27. The van der Waals surface area contributed by atoms with Gasteiger partial charge in [0.15, 0.2) is 6.04 Å². The Morgan fingerprint density at radius 1 is 1.61 bits per heavy atom. The highest BCUT2D eigenvalue weighted by Crippen LogP contribution is 2.15. The number of carboxylic acid groups (broad SMARTS) is 1. The number of methoxy groups -OCH3 is 1.